The van der Waals surface area contributed by atoms with Crippen LogP contribution in [0.25, 0.3) is 10.6 Å². The SMILES string of the molecule is CC1CC(CN)CN1C(=O)c1csc(-c2ccc(Cl)cc2)n1.Cl.Cl. The van der Waals surface area contributed by atoms with Crippen molar-refractivity contribution in [3.63, 3.8) is 0 Å². The maximum atomic E-state index is 12.6. The Kier molecular flexibility index (Phi) is 7.96. The molecular formula is C16H20Cl3N3OS. The van der Waals surface area contributed by atoms with Crippen LogP contribution >= 0.6 is 47.8 Å². The van der Waals surface area contributed by atoms with Gasteiger partial charge >= 0.3 is 0 Å². The molecule has 2 aromatic rings. The fourth-order valence-electron chi connectivity index (χ4n) is 2.84. The van der Waals surface area contributed by atoms with Crippen molar-refractivity contribution < 1.29 is 4.79 Å². The van der Waals surface area contributed by atoms with Gasteiger partial charge in [0.25, 0.3) is 5.91 Å². The van der Waals surface area contributed by atoms with Crippen molar-refractivity contribution in [3.05, 3.63) is 40.4 Å². The Morgan fingerprint density at radius 1 is 1.38 bits per heavy atom. The lowest BCUT2D eigenvalue weighted by Crippen LogP contribution is -2.34. The predicted octanol–water partition coefficient (Wildman–Crippen LogP) is 4.12. The highest BCUT2D eigenvalue weighted by molar-refractivity contribution is 7.13. The zero-order valence-corrected chi connectivity index (χ0v) is 16.4. The average molecular weight is 409 g/mol. The molecule has 1 aromatic carbocycles. The standard InChI is InChI=1S/C16H18ClN3OS.2ClH/c1-10-6-11(7-18)8-20(10)16(21)14-9-22-15(19-14)12-2-4-13(17)5-3-12;;/h2-5,9-11H,6-8,18H2,1H3;2*1H. The van der Waals surface area contributed by atoms with Crippen molar-refractivity contribution in [3.8, 4) is 10.6 Å². The first-order valence-electron chi connectivity index (χ1n) is 7.31. The molecule has 2 atom stereocenters. The van der Waals surface area contributed by atoms with Gasteiger partial charge in [0, 0.05) is 28.6 Å². The highest BCUT2D eigenvalue weighted by Gasteiger charge is 2.33. The number of carbonyl (C=O) groups excluding carboxylic acids is 1. The first-order valence-corrected chi connectivity index (χ1v) is 8.56. The van der Waals surface area contributed by atoms with Gasteiger partial charge in [0.2, 0.25) is 0 Å². The Labute approximate surface area is 163 Å². The van der Waals surface area contributed by atoms with Crippen molar-refractivity contribution >= 4 is 53.7 Å². The number of rotatable bonds is 3. The Bertz CT molecular complexity index is 677. The average Bonchev–Trinajstić information content (AvgIpc) is 3.14. The van der Waals surface area contributed by atoms with Crippen LogP contribution in [-0.2, 0) is 0 Å². The van der Waals surface area contributed by atoms with Gasteiger partial charge in [0.1, 0.15) is 10.7 Å². The largest absolute Gasteiger partial charge is 0.334 e. The number of aromatic nitrogens is 1. The molecule has 0 saturated carbocycles. The molecule has 0 radical (unpaired) electrons. The van der Waals surface area contributed by atoms with Crippen LogP contribution in [0.5, 0.6) is 0 Å². The van der Waals surface area contributed by atoms with Gasteiger partial charge in [-0.2, -0.15) is 0 Å². The second-order valence-electron chi connectivity index (χ2n) is 5.69. The predicted molar refractivity (Wildman–Crippen MR) is 105 cm³/mol. The van der Waals surface area contributed by atoms with E-state index in [2.05, 4.69) is 11.9 Å². The summed E-state index contributed by atoms with van der Waals surface area (Å²) < 4.78 is 0. The smallest absolute Gasteiger partial charge is 0.273 e. The Hall–Kier alpha value is -0.850. The third-order valence-electron chi connectivity index (χ3n) is 4.07. The number of halogens is 3. The topological polar surface area (TPSA) is 59.2 Å². The first kappa shape index (κ1) is 21.2. The van der Waals surface area contributed by atoms with E-state index in [-0.39, 0.29) is 36.8 Å². The van der Waals surface area contributed by atoms with Crippen molar-refractivity contribution in [1.29, 1.82) is 0 Å². The number of likely N-dealkylation sites (tertiary alicyclic amines) is 1. The maximum absolute atomic E-state index is 12.6. The molecule has 1 aliphatic heterocycles. The summed E-state index contributed by atoms with van der Waals surface area (Å²) in [5, 5.41) is 3.35. The van der Waals surface area contributed by atoms with E-state index in [0.29, 0.717) is 23.2 Å². The third-order valence-corrected chi connectivity index (χ3v) is 5.21. The van der Waals surface area contributed by atoms with E-state index in [1.807, 2.05) is 34.5 Å². The number of hydrogen-bond donors (Lipinski definition) is 1. The number of nitrogens with zero attached hydrogens (tertiary/aromatic N) is 2. The van der Waals surface area contributed by atoms with Crippen molar-refractivity contribution in [2.75, 3.05) is 13.1 Å². The van der Waals surface area contributed by atoms with E-state index < -0.39 is 0 Å². The second-order valence-corrected chi connectivity index (χ2v) is 6.98. The van der Waals surface area contributed by atoms with E-state index in [0.717, 1.165) is 23.5 Å². The number of amides is 1. The molecule has 0 bridgehead atoms. The van der Waals surface area contributed by atoms with Crippen LogP contribution in [0.15, 0.2) is 29.6 Å². The van der Waals surface area contributed by atoms with E-state index in [4.69, 9.17) is 17.3 Å². The van der Waals surface area contributed by atoms with E-state index >= 15 is 0 Å². The molecular weight excluding hydrogens is 389 g/mol. The summed E-state index contributed by atoms with van der Waals surface area (Å²) in [5.74, 6) is 0.397. The van der Waals surface area contributed by atoms with Crippen LogP contribution in [0.2, 0.25) is 5.02 Å². The second kappa shape index (κ2) is 9.02. The van der Waals surface area contributed by atoms with Gasteiger partial charge in [0.05, 0.1) is 0 Å². The molecule has 3 rings (SSSR count). The highest BCUT2D eigenvalue weighted by atomic mass is 35.5. The monoisotopic (exact) mass is 407 g/mol. The quantitative estimate of drug-likeness (QED) is 0.831. The van der Waals surface area contributed by atoms with Gasteiger partial charge in [-0.1, -0.05) is 23.7 Å². The van der Waals surface area contributed by atoms with Gasteiger partial charge in [-0.3, -0.25) is 4.79 Å². The van der Waals surface area contributed by atoms with Crippen LogP contribution in [0.1, 0.15) is 23.8 Å². The molecule has 1 amide bonds. The van der Waals surface area contributed by atoms with Gasteiger partial charge < -0.3 is 10.6 Å². The molecule has 24 heavy (non-hydrogen) atoms. The van der Waals surface area contributed by atoms with Crippen molar-refractivity contribution in [2.24, 2.45) is 11.7 Å². The molecule has 132 valence electrons. The maximum Gasteiger partial charge on any atom is 0.273 e. The summed E-state index contributed by atoms with van der Waals surface area (Å²) in [7, 11) is 0. The van der Waals surface area contributed by atoms with Crippen LogP contribution in [0.3, 0.4) is 0 Å². The van der Waals surface area contributed by atoms with E-state index in [1.165, 1.54) is 11.3 Å². The summed E-state index contributed by atoms with van der Waals surface area (Å²) in [6.45, 7) is 3.42. The molecule has 1 fully saturated rings. The summed E-state index contributed by atoms with van der Waals surface area (Å²) >= 11 is 7.37. The summed E-state index contributed by atoms with van der Waals surface area (Å²) in [5.41, 5.74) is 7.22. The molecule has 1 aromatic heterocycles. The van der Waals surface area contributed by atoms with E-state index in [9.17, 15) is 4.79 Å². The van der Waals surface area contributed by atoms with Gasteiger partial charge in [-0.15, -0.1) is 36.2 Å². The third kappa shape index (κ3) is 4.41. The molecule has 8 heteroatoms. The Morgan fingerprint density at radius 2 is 2.04 bits per heavy atom. The fraction of sp³-hybridized carbons (Fsp3) is 0.375. The number of hydrogen-bond acceptors (Lipinski definition) is 4. The fourth-order valence-corrected chi connectivity index (χ4v) is 3.77. The zero-order valence-electron chi connectivity index (χ0n) is 13.1. The van der Waals surface area contributed by atoms with Gasteiger partial charge in [-0.05, 0) is 37.9 Å². The minimum atomic E-state index is -0.0000801. The first-order chi connectivity index (χ1) is 10.6. The van der Waals surface area contributed by atoms with Crippen LogP contribution in [0, 0.1) is 5.92 Å². The summed E-state index contributed by atoms with van der Waals surface area (Å²) in [4.78, 5) is 19.0. The number of nitrogens with two attached hydrogens (primary N) is 1. The number of carbonyl (C=O) groups is 1. The van der Waals surface area contributed by atoms with Crippen LogP contribution < -0.4 is 5.73 Å². The molecule has 2 heterocycles. The molecule has 0 spiro atoms. The molecule has 1 saturated heterocycles. The Morgan fingerprint density at radius 3 is 2.62 bits per heavy atom. The van der Waals surface area contributed by atoms with Crippen molar-refractivity contribution in [2.45, 2.75) is 19.4 Å². The van der Waals surface area contributed by atoms with Crippen LogP contribution in [0.4, 0.5) is 0 Å². The van der Waals surface area contributed by atoms with Gasteiger partial charge in [-0.25, -0.2) is 4.98 Å². The van der Waals surface area contributed by atoms with Crippen LogP contribution in [-0.4, -0.2) is 34.9 Å². The Balaban J connectivity index is 0.00000144. The number of thiazole rings is 1. The minimum absolute atomic E-state index is 0. The molecule has 2 unspecified atom stereocenters. The highest BCUT2D eigenvalue weighted by Crippen LogP contribution is 2.28. The molecule has 0 aliphatic carbocycles. The zero-order chi connectivity index (χ0) is 15.7. The lowest BCUT2D eigenvalue weighted by atomic mass is 10.1. The minimum Gasteiger partial charge on any atom is -0.334 e. The summed E-state index contributed by atoms with van der Waals surface area (Å²) in [6, 6.07) is 7.71. The molecule has 2 N–H and O–H groups in total. The lowest BCUT2D eigenvalue weighted by Gasteiger charge is -2.20. The lowest BCUT2D eigenvalue weighted by molar-refractivity contribution is 0.0738. The van der Waals surface area contributed by atoms with Gasteiger partial charge in [0.15, 0.2) is 0 Å². The normalized spacial score (nSPS) is 19.5. The molecule has 4 nitrogen and oxygen atoms in total. The van der Waals surface area contributed by atoms with E-state index in [1.54, 1.807) is 0 Å². The summed E-state index contributed by atoms with van der Waals surface area (Å²) in [6.07, 6.45) is 0.969. The van der Waals surface area contributed by atoms with Crippen molar-refractivity contribution in [1.82, 2.24) is 9.88 Å². The molecule has 1 aliphatic rings. The number of benzene rings is 1.